The van der Waals surface area contributed by atoms with Crippen LogP contribution in [0, 0.1) is 10.1 Å². The van der Waals surface area contributed by atoms with Gasteiger partial charge in [0.25, 0.3) is 17.5 Å². The molecule has 0 aliphatic rings. The van der Waals surface area contributed by atoms with Crippen LogP contribution >= 0.6 is 0 Å². The molecular formula is C21H18N6O5. The Bertz CT molecular complexity index is 1310. The van der Waals surface area contributed by atoms with E-state index in [-0.39, 0.29) is 22.9 Å². The van der Waals surface area contributed by atoms with Crippen LogP contribution in [0.4, 0.5) is 5.69 Å². The predicted octanol–water partition coefficient (Wildman–Crippen LogP) is 3.26. The lowest BCUT2D eigenvalue weighted by Crippen LogP contribution is -2.41. The number of carbonyl (C=O) groups excluding carboxylic acids is 2. The Labute approximate surface area is 181 Å². The minimum Gasteiger partial charge on any atom is -0.463 e. The Balaban J connectivity index is 1.61. The largest absolute Gasteiger partial charge is 0.463 e. The van der Waals surface area contributed by atoms with Gasteiger partial charge in [-0.3, -0.25) is 30.6 Å². The van der Waals surface area contributed by atoms with Crippen molar-refractivity contribution in [2.75, 3.05) is 0 Å². The Kier molecular flexibility index (Phi) is 5.37. The molecular weight excluding hydrogens is 416 g/mol. The van der Waals surface area contributed by atoms with Gasteiger partial charge in [-0.05, 0) is 44.2 Å². The van der Waals surface area contributed by atoms with Crippen molar-refractivity contribution < 1.29 is 18.9 Å². The van der Waals surface area contributed by atoms with E-state index < -0.39 is 16.7 Å². The van der Waals surface area contributed by atoms with Gasteiger partial charge in [0.1, 0.15) is 5.69 Å². The molecule has 3 aromatic heterocycles. The summed E-state index contributed by atoms with van der Waals surface area (Å²) in [5.74, 6) is -0.723. The van der Waals surface area contributed by atoms with Crippen LogP contribution in [0.25, 0.3) is 22.5 Å². The van der Waals surface area contributed by atoms with Crippen molar-refractivity contribution in [2.24, 2.45) is 0 Å². The van der Waals surface area contributed by atoms with Crippen LogP contribution in [0.3, 0.4) is 0 Å². The summed E-state index contributed by atoms with van der Waals surface area (Å²) in [6, 6.07) is 10.0. The second kappa shape index (κ2) is 8.30. The summed E-state index contributed by atoms with van der Waals surface area (Å²) in [5.41, 5.74) is 5.89. The van der Waals surface area contributed by atoms with Crippen LogP contribution in [0.1, 0.15) is 40.6 Å². The van der Waals surface area contributed by atoms with Gasteiger partial charge in [0.05, 0.1) is 28.3 Å². The standard InChI is InChI=1S/C21H18N6O5/c1-12(2)26-19-16(11-22-26)15(10-17(23-19)18-4-3-9-32-18)21(29)25-24-20(28)13-5-7-14(8-6-13)27(30)31/h3-12H,1-2H3,(H,24,28)(H,25,29). The number of carbonyl (C=O) groups is 2. The molecule has 0 aliphatic carbocycles. The van der Waals surface area contributed by atoms with Crippen LogP contribution in [-0.4, -0.2) is 31.5 Å². The van der Waals surface area contributed by atoms with Crippen LogP contribution in [-0.2, 0) is 0 Å². The lowest BCUT2D eigenvalue weighted by molar-refractivity contribution is -0.384. The van der Waals surface area contributed by atoms with Gasteiger partial charge in [0.2, 0.25) is 0 Å². The van der Waals surface area contributed by atoms with E-state index in [1.165, 1.54) is 30.5 Å². The molecule has 4 rings (SSSR count). The lowest BCUT2D eigenvalue weighted by atomic mass is 10.1. The summed E-state index contributed by atoms with van der Waals surface area (Å²) in [6.45, 7) is 3.88. The summed E-state index contributed by atoms with van der Waals surface area (Å²) in [7, 11) is 0. The number of benzene rings is 1. The highest BCUT2D eigenvalue weighted by molar-refractivity contribution is 6.07. The second-order valence-electron chi connectivity index (χ2n) is 7.16. The van der Waals surface area contributed by atoms with Gasteiger partial charge in [-0.15, -0.1) is 0 Å². The number of nitrogens with zero attached hydrogens (tertiary/aromatic N) is 4. The van der Waals surface area contributed by atoms with Crippen molar-refractivity contribution in [2.45, 2.75) is 19.9 Å². The van der Waals surface area contributed by atoms with E-state index in [0.29, 0.717) is 22.5 Å². The van der Waals surface area contributed by atoms with E-state index in [4.69, 9.17) is 4.42 Å². The predicted molar refractivity (Wildman–Crippen MR) is 114 cm³/mol. The first kappa shape index (κ1) is 20.7. The fourth-order valence-corrected chi connectivity index (χ4v) is 3.12. The summed E-state index contributed by atoms with van der Waals surface area (Å²) in [6.07, 6.45) is 3.05. The van der Waals surface area contributed by atoms with Crippen LogP contribution in [0.15, 0.2) is 59.3 Å². The maximum absolute atomic E-state index is 12.9. The zero-order valence-electron chi connectivity index (χ0n) is 17.1. The first-order valence-corrected chi connectivity index (χ1v) is 9.62. The van der Waals surface area contributed by atoms with Gasteiger partial charge in [-0.2, -0.15) is 5.10 Å². The quantitative estimate of drug-likeness (QED) is 0.362. The number of aromatic nitrogens is 3. The van der Waals surface area contributed by atoms with E-state index in [1.54, 1.807) is 29.1 Å². The minimum atomic E-state index is -0.623. The summed E-state index contributed by atoms with van der Waals surface area (Å²) in [4.78, 5) is 40.0. The molecule has 0 saturated carbocycles. The Hall–Kier alpha value is -4.54. The van der Waals surface area contributed by atoms with Crippen molar-refractivity contribution in [1.29, 1.82) is 0 Å². The maximum Gasteiger partial charge on any atom is 0.270 e. The topological polar surface area (TPSA) is 145 Å². The number of hydrogen-bond donors (Lipinski definition) is 2. The Morgan fingerprint density at radius 3 is 2.47 bits per heavy atom. The van der Waals surface area contributed by atoms with E-state index in [1.807, 2.05) is 13.8 Å². The number of fused-ring (bicyclic) bond motifs is 1. The van der Waals surface area contributed by atoms with E-state index in [0.717, 1.165) is 0 Å². The molecule has 0 atom stereocenters. The Morgan fingerprint density at radius 1 is 1.12 bits per heavy atom. The van der Waals surface area contributed by atoms with E-state index >= 15 is 0 Å². The van der Waals surface area contributed by atoms with Gasteiger partial charge >= 0.3 is 0 Å². The highest BCUT2D eigenvalue weighted by Crippen LogP contribution is 2.26. The molecule has 0 spiro atoms. The number of furan rings is 1. The molecule has 0 aliphatic heterocycles. The smallest absolute Gasteiger partial charge is 0.270 e. The van der Waals surface area contributed by atoms with Crippen molar-refractivity contribution >= 4 is 28.5 Å². The molecule has 0 radical (unpaired) electrons. The first-order valence-electron chi connectivity index (χ1n) is 9.62. The molecule has 0 fully saturated rings. The zero-order valence-corrected chi connectivity index (χ0v) is 17.1. The van der Waals surface area contributed by atoms with Gasteiger partial charge < -0.3 is 4.42 Å². The average molecular weight is 434 g/mol. The van der Waals surface area contributed by atoms with Crippen LogP contribution < -0.4 is 10.9 Å². The summed E-state index contributed by atoms with van der Waals surface area (Å²) in [5, 5.41) is 15.6. The molecule has 11 nitrogen and oxygen atoms in total. The van der Waals surface area contributed by atoms with Crippen molar-refractivity contribution in [3.8, 4) is 11.5 Å². The maximum atomic E-state index is 12.9. The number of nitrogens with one attached hydrogen (secondary N) is 2. The van der Waals surface area contributed by atoms with Crippen molar-refractivity contribution in [1.82, 2.24) is 25.6 Å². The Morgan fingerprint density at radius 2 is 1.84 bits per heavy atom. The summed E-state index contributed by atoms with van der Waals surface area (Å²) < 4.78 is 7.11. The van der Waals surface area contributed by atoms with Gasteiger partial charge in [0, 0.05) is 23.7 Å². The van der Waals surface area contributed by atoms with Crippen molar-refractivity contribution in [3.05, 3.63) is 76.2 Å². The minimum absolute atomic E-state index is 0.00426. The fraction of sp³-hybridized carbons (Fsp3) is 0.143. The fourth-order valence-electron chi connectivity index (χ4n) is 3.12. The van der Waals surface area contributed by atoms with Gasteiger partial charge in [-0.1, -0.05) is 0 Å². The second-order valence-corrected chi connectivity index (χ2v) is 7.16. The molecule has 0 saturated heterocycles. The molecule has 0 unspecified atom stereocenters. The van der Waals surface area contributed by atoms with Crippen LogP contribution in [0.5, 0.6) is 0 Å². The number of hydrogen-bond acceptors (Lipinski definition) is 7. The van der Waals surface area contributed by atoms with E-state index in [2.05, 4.69) is 20.9 Å². The first-order chi connectivity index (χ1) is 15.3. The molecule has 0 bridgehead atoms. The number of nitro benzene ring substituents is 1. The number of pyridine rings is 1. The van der Waals surface area contributed by atoms with Gasteiger partial charge in [-0.25, -0.2) is 9.67 Å². The highest BCUT2D eigenvalue weighted by Gasteiger charge is 2.20. The van der Waals surface area contributed by atoms with Crippen LogP contribution in [0.2, 0.25) is 0 Å². The third-order valence-corrected chi connectivity index (χ3v) is 4.70. The molecule has 2 N–H and O–H groups in total. The third-order valence-electron chi connectivity index (χ3n) is 4.70. The normalized spacial score (nSPS) is 11.0. The van der Waals surface area contributed by atoms with Gasteiger partial charge in [0.15, 0.2) is 11.4 Å². The highest BCUT2D eigenvalue weighted by atomic mass is 16.6. The number of hydrazine groups is 1. The SMILES string of the molecule is CC(C)n1ncc2c(C(=O)NNC(=O)c3ccc([N+](=O)[O-])cc3)cc(-c3ccco3)nc21. The average Bonchev–Trinajstić information content (AvgIpc) is 3.46. The summed E-state index contributed by atoms with van der Waals surface area (Å²) >= 11 is 0. The number of nitro groups is 1. The zero-order chi connectivity index (χ0) is 22.8. The molecule has 4 aromatic rings. The monoisotopic (exact) mass is 434 g/mol. The molecule has 1 aromatic carbocycles. The number of amides is 2. The number of rotatable bonds is 5. The van der Waals surface area contributed by atoms with E-state index in [9.17, 15) is 19.7 Å². The van der Waals surface area contributed by atoms with Crippen molar-refractivity contribution in [3.63, 3.8) is 0 Å². The lowest BCUT2D eigenvalue weighted by Gasteiger charge is -2.11. The molecule has 3 heterocycles. The molecule has 162 valence electrons. The number of non-ortho nitro benzene ring substituents is 1. The molecule has 11 heteroatoms. The third kappa shape index (κ3) is 3.90. The molecule has 2 amide bonds. The molecule has 32 heavy (non-hydrogen) atoms.